The monoisotopic (exact) mass is 201 g/mol. The van der Waals surface area contributed by atoms with Crippen molar-refractivity contribution in [3.05, 3.63) is 29.3 Å². The molecular formula is C10H13F2NO. The Morgan fingerprint density at radius 3 is 2.57 bits per heavy atom. The fourth-order valence-electron chi connectivity index (χ4n) is 1.30. The van der Waals surface area contributed by atoms with Gasteiger partial charge in [-0.3, -0.25) is 0 Å². The number of para-hydroxylation sites is 1. The Hall–Kier alpha value is -1.16. The minimum absolute atomic E-state index is 0.326. The van der Waals surface area contributed by atoms with Crippen LogP contribution in [0, 0.1) is 0 Å². The van der Waals surface area contributed by atoms with Gasteiger partial charge in [0.25, 0.3) is 5.92 Å². The number of phenols is 1. The van der Waals surface area contributed by atoms with Crippen LogP contribution in [0.5, 0.6) is 5.75 Å². The van der Waals surface area contributed by atoms with E-state index < -0.39 is 5.92 Å². The summed E-state index contributed by atoms with van der Waals surface area (Å²) in [5, 5.41) is 9.52. The topological polar surface area (TPSA) is 46.2 Å². The first-order valence-corrected chi connectivity index (χ1v) is 4.36. The minimum atomic E-state index is -3.02. The van der Waals surface area contributed by atoms with Crippen LogP contribution in [0.1, 0.15) is 18.1 Å². The number of rotatable bonds is 3. The van der Waals surface area contributed by atoms with Gasteiger partial charge in [-0.1, -0.05) is 12.1 Å². The molecule has 0 aromatic heterocycles. The van der Waals surface area contributed by atoms with Crippen LogP contribution in [0.2, 0.25) is 0 Å². The largest absolute Gasteiger partial charge is 0.507 e. The van der Waals surface area contributed by atoms with Crippen molar-refractivity contribution in [3.8, 4) is 5.75 Å². The number of hydrogen-bond donors (Lipinski definition) is 2. The molecule has 0 atom stereocenters. The van der Waals surface area contributed by atoms with E-state index >= 15 is 0 Å². The molecule has 2 nitrogen and oxygen atoms in total. The standard InChI is InChI=1S/C10H13F2NO/c1-10(11,12)8-4-2-3-7(5-6-13)9(8)14/h2-4,14H,5-6,13H2,1H3. The van der Waals surface area contributed by atoms with Crippen LogP contribution in [0.25, 0.3) is 0 Å². The number of benzene rings is 1. The van der Waals surface area contributed by atoms with Gasteiger partial charge >= 0.3 is 0 Å². The summed E-state index contributed by atoms with van der Waals surface area (Å²) in [4.78, 5) is 0. The van der Waals surface area contributed by atoms with E-state index in [-0.39, 0.29) is 11.3 Å². The molecule has 0 aliphatic heterocycles. The third-order valence-corrected chi connectivity index (χ3v) is 2.01. The molecule has 0 saturated heterocycles. The zero-order valence-corrected chi connectivity index (χ0v) is 7.93. The van der Waals surface area contributed by atoms with Gasteiger partial charge in [-0.25, -0.2) is 8.78 Å². The van der Waals surface area contributed by atoms with Crippen molar-refractivity contribution < 1.29 is 13.9 Å². The van der Waals surface area contributed by atoms with Crippen LogP contribution in [0.4, 0.5) is 8.78 Å². The maximum atomic E-state index is 12.9. The number of halogens is 2. The highest BCUT2D eigenvalue weighted by atomic mass is 19.3. The molecule has 1 rings (SSSR count). The van der Waals surface area contributed by atoms with Crippen LogP contribution in [0.15, 0.2) is 18.2 Å². The second-order valence-corrected chi connectivity index (χ2v) is 3.24. The van der Waals surface area contributed by atoms with Crippen molar-refractivity contribution in [2.75, 3.05) is 6.54 Å². The molecule has 0 radical (unpaired) electrons. The minimum Gasteiger partial charge on any atom is -0.507 e. The van der Waals surface area contributed by atoms with Crippen molar-refractivity contribution in [2.45, 2.75) is 19.3 Å². The second-order valence-electron chi connectivity index (χ2n) is 3.24. The molecule has 14 heavy (non-hydrogen) atoms. The Labute approximate surface area is 81.4 Å². The normalized spacial score (nSPS) is 11.7. The number of hydrogen-bond acceptors (Lipinski definition) is 2. The zero-order valence-electron chi connectivity index (χ0n) is 7.93. The predicted octanol–water partition coefficient (Wildman–Crippen LogP) is 2.01. The highest BCUT2D eigenvalue weighted by Gasteiger charge is 2.28. The molecule has 0 heterocycles. The predicted molar refractivity (Wildman–Crippen MR) is 50.4 cm³/mol. The van der Waals surface area contributed by atoms with Gasteiger partial charge in [-0.05, 0) is 24.6 Å². The molecule has 0 spiro atoms. The Morgan fingerprint density at radius 2 is 2.07 bits per heavy atom. The van der Waals surface area contributed by atoms with Crippen LogP contribution < -0.4 is 5.73 Å². The molecule has 0 aliphatic rings. The third-order valence-electron chi connectivity index (χ3n) is 2.01. The third kappa shape index (κ3) is 2.20. The van der Waals surface area contributed by atoms with Crippen molar-refractivity contribution in [1.82, 2.24) is 0 Å². The van der Waals surface area contributed by atoms with E-state index in [0.29, 0.717) is 18.5 Å². The van der Waals surface area contributed by atoms with E-state index in [1.807, 2.05) is 0 Å². The fraction of sp³-hybridized carbons (Fsp3) is 0.400. The Bertz CT molecular complexity index is 320. The summed E-state index contributed by atoms with van der Waals surface area (Å²) in [6.45, 7) is 1.08. The summed E-state index contributed by atoms with van der Waals surface area (Å²) < 4.78 is 25.9. The van der Waals surface area contributed by atoms with Gasteiger partial charge < -0.3 is 10.8 Å². The van der Waals surface area contributed by atoms with Crippen LogP contribution in [0.3, 0.4) is 0 Å². The number of alkyl halides is 2. The highest BCUT2D eigenvalue weighted by molar-refractivity contribution is 5.42. The van der Waals surface area contributed by atoms with E-state index in [1.165, 1.54) is 12.1 Å². The van der Waals surface area contributed by atoms with Crippen molar-refractivity contribution in [2.24, 2.45) is 5.73 Å². The molecule has 78 valence electrons. The molecule has 3 N–H and O–H groups in total. The molecule has 0 bridgehead atoms. The summed E-state index contributed by atoms with van der Waals surface area (Å²) in [7, 11) is 0. The Kier molecular flexibility index (Phi) is 3.06. The van der Waals surface area contributed by atoms with Crippen LogP contribution in [-0.2, 0) is 12.3 Å². The molecule has 0 amide bonds. The van der Waals surface area contributed by atoms with Gasteiger partial charge in [0.05, 0.1) is 5.56 Å². The maximum absolute atomic E-state index is 12.9. The molecular weight excluding hydrogens is 188 g/mol. The van der Waals surface area contributed by atoms with E-state index in [0.717, 1.165) is 6.92 Å². The SMILES string of the molecule is CC(F)(F)c1cccc(CCN)c1O. The lowest BCUT2D eigenvalue weighted by atomic mass is 10.0. The van der Waals surface area contributed by atoms with Gasteiger partial charge in [0, 0.05) is 6.92 Å². The van der Waals surface area contributed by atoms with E-state index in [4.69, 9.17) is 5.73 Å². The molecule has 0 aliphatic carbocycles. The molecule has 0 unspecified atom stereocenters. The van der Waals surface area contributed by atoms with E-state index in [9.17, 15) is 13.9 Å². The van der Waals surface area contributed by atoms with Gasteiger partial charge in [-0.15, -0.1) is 0 Å². The number of nitrogens with two attached hydrogens (primary N) is 1. The summed E-state index contributed by atoms with van der Waals surface area (Å²) in [5.41, 5.74) is 5.41. The summed E-state index contributed by atoms with van der Waals surface area (Å²) in [5.74, 6) is -3.36. The Balaban J connectivity index is 3.14. The van der Waals surface area contributed by atoms with Crippen LogP contribution >= 0.6 is 0 Å². The van der Waals surface area contributed by atoms with Gasteiger partial charge in [0.2, 0.25) is 0 Å². The highest BCUT2D eigenvalue weighted by Crippen LogP contribution is 2.35. The lowest BCUT2D eigenvalue weighted by molar-refractivity contribution is 0.0150. The zero-order chi connectivity index (χ0) is 10.8. The summed E-state index contributed by atoms with van der Waals surface area (Å²) in [6, 6.07) is 4.31. The van der Waals surface area contributed by atoms with E-state index in [2.05, 4.69) is 0 Å². The number of aromatic hydroxyl groups is 1. The first kappa shape index (κ1) is 10.9. The molecule has 0 fully saturated rings. The fourth-order valence-corrected chi connectivity index (χ4v) is 1.30. The average molecular weight is 201 g/mol. The average Bonchev–Trinajstić information content (AvgIpc) is 2.07. The lowest BCUT2D eigenvalue weighted by Gasteiger charge is -2.14. The van der Waals surface area contributed by atoms with Gasteiger partial charge in [-0.2, -0.15) is 0 Å². The number of phenolic OH excluding ortho intramolecular Hbond substituents is 1. The van der Waals surface area contributed by atoms with Crippen molar-refractivity contribution >= 4 is 0 Å². The lowest BCUT2D eigenvalue weighted by Crippen LogP contribution is -2.09. The first-order valence-electron chi connectivity index (χ1n) is 4.36. The van der Waals surface area contributed by atoms with Crippen LogP contribution in [-0.4, -0.2) is 11.7 Å². The quantitative estimate of drug-likeness (QED) is 0.785. The maximum Gasteiger partial charge on any atom is 0.274 e. The van der Waals surface area contributed by atoms with Crippen molar-refractivity contribution in [3.63, 3.8) is 0 Å². The van der Waals surface area contributed by atoms with Crippen molar-refractivity contribution in [1.29, 1.82) is 0 Å². The molecule has 4 heteroatoms. The Morgan fingerprint density at radius 1 is 1.43 bits per heavy atom. The summed E-state index contributed by atoms with van der Waals surface area (Å²) >= 11 is 0. The summed E-state index contributed by atoms with van der Waals surface area (Å²) in [6.07, 6.45) is 0.399. The van der Waals surface area contributed by atoms with E-state index in [1.54, 1.807) is 6.07 Å². The second kappa shape index (κ2) is 3.92. The first-order chi connectivity index (χ1) is 6.46. The molecule has 1 aromatic rings. The van der Waals surface area contributed by atoms with Gasteiger partial charge in [0.15, 0.2) is 0 Å². The molecule has 1 aromatic carbocycles. The molecule has 0 saturated carbocycles. The van der Waals surface area contributed by atoms with Gasteiger partial charge in [0.1, 0.15) is 5.75 Å². The smallest absolute Gasteiger partial charge is 0.274 e.